The highest BCUT2D eigenvalue weighted by atomic mass is 32.2. The fourth-order valence-electron chi connectivity index (χ4n) is 4.50. The van der Waals surface area contributed by atoms with E-state index in [4.69, 9.17) is 4.74 Å². The molecule has 36 heavy (non-hydrogen) atoms. The van der Waals surface area contributed by atoms with Gasteiger partial charge in [-0.15, -0.1) is 0 Å². The van der Waals surface area contributed by atoms with Gasteiger partial charge in [0.15, 0.2) is 9.84 Å². The van der Waals surface area contributed by atoms with Crippen molar-refractivity contribution in [1.29, 1.82) is 0 Å². The van der Waals surface area contributed by atoms with Gasteiger partial charge >= 0.3 is 6.18 Å². The van der Waals surface area contributed by atoms with Crippen molar-refractivity contribution in [2.24, 2.45) is 0 Å². The first-order chi connectivity index (χ1) is 17.1. The maximum atomic E-state index is 12.8. The minimum atomic E-state index is -4.34. The van der Waals surface area contributed by atoms with E-state index < -0.39 is 21.6 Å². The summed E-state index contributed by atoms with van der Waals surface area (Å²) in [5, 5.41) is 0.971. The highest BCUT2D eigenvalue weighted by Gasteiger charge is 2.30. The molecule has 10 heteroatoms. The van der Waals surface area contributed by atoms with Crippen molar-refractivity contribution >= 4 is 20.7 Å². The largest absolute Gasteiger partial charge is 0.487 e. The van der Waals surface area contributed by atoms with Gasteiger partial charge in [-0.25, -0.2) is 13.4 Å². The highest BCUT2D eigenvalue weighted by Crippen LogP contribution is 2.30. The first-order valence-corrected chi connectivity index (χ1v) is 13.3. The summed E-state index contributed by atoms with van der Waals surface area (Å²) in [6, 6.07) is 17.8. The van der Waals surface area contributed by atoms with Crippen molar-refractivity contribution in [2.75, 3.05) is 19.3 Å². The van der Waals surface area contributed by atoms with Gasteiger partial charge in [-0.3, -0.25) is 9.47 Å². The molecular weight excluding hydrogens is 491 g/mol. The zero-order valence-electron chi connectivity index (χ0n) is 19.4. The molecule has 2 aromatic carbocycles. The van der Waals surface area contributed by atoms with Crippen LogP contribution in [0.1, 0.15) is 17.5 Å². The summed E-state index contributed by atoms with van der Waals surface area (Å²) in [5.41, 5.74) is 0.908. The van der Waals surface area contributed by atoms with Crippen molar-refractivity contribution in [3.63, 3.8) is 0 Å². The Labute approximate surface area is 206 Å². The Morgan fingerprint density at radius 1 is 1.06 bits per heavy atom. The van der Waals surface area contributed by atoms with Crippen molar-refractivity contribution in [2.45, 2.75) is 30.3 Å². The predicted molar refractivity (Wildman–Crippen MR) is 130 cm³/mol. The number of aromatic nitrogens is 2. The Morgan fingerprint density at radius 2 is 1.81 bits per heavy atom. The van der Waals surface area contributed by atoms with Gasteiger partial charge in [-0.1, -0.05) is 30.3 Å². The lowest BCUT2D eigenvalue weighted by Crippen LogP contribution is -2.24. The quantitative estimate of drug-likeness (QED) is 0.358. The Morgan fingerprint density at radius 3 is 2.47 bits per heavy atom. The van der Waals surface area contributed by atoms with E-state index in [2.05, 4.69) is 9.88 Å². The molecule has 1 fully saturated rings. The molecule has 0 spiro atoms. The molecule has 1 aliphatic rings. The molecule has 0 N–H and O–H groups in total. The third-order valence-corrected chi connectivity index (χ3v) is 7.29. The fourth-order valence-corrected chi connectivity index (χ4v) is 5.36. The minimum absolute atomic E-state index is 0.0777. The van der Waals surface area contributed by atoms with Crippen LogP contribution in [0, 0.1) is 0 Å². The Bertz CT molecular complexity index is 1480. The Hall–Kier alpha value is -3.37. The van der Waals surface area contributed by atoms with E-state index in [-0.39, 0.29) is 11.1 Å². The predicted octanol–water partition coefficient (Wildman–Crippen LogP) is 5.10. The minimum Gasteiger partial charge on any atom is -0.487 e. The molecule has 1 atom stereocenters. The van der Waals surface area contributed by atoms with Crippen LogP contribution in [0.3, 0.4) is 0 Å². The third kappa shape index (κ3) is 5.10. The first kappa shape index (κ1) is 24.3. The smallest absolute Gasteiger partial charge is 0.416 e. The normalized spacial score (nSPS) is 17.1. The second kappa shape index (κ2) is 9.25. The number of para-hydroxylation sites is 1. The molecule has 1 unspecified atom stereocenters. The number of pyridine rings is 1. The number of ether oxygens (including phenoxy) is 1. The topological polar surface area (TPSA) is 64.4 Å². The van der Waals surface area contributed by atoms with Crippen LogP contribution in [0.15, 0.2) is 78.0 Å². The molecule has 3 heterocycles. The average molecular weight is 516 g/mol. The monoisotopic (exact) mass is 515 g/mol. The molecule has 0 amide bonds. The highest BCUT2D eigenvalue weighted by molar-refractivity contribution is 7.90. The van der Waals surface area contributed by atoms with Crippen molar-refractivity contribution in [3.8, 4) is 11.6 Å². The summed E-state index contributed by atoms with van der Waals surface area (Å²) in [6.07, 6.45) is -0.884. The van der Waals surface area contributed by atoms with Gasteiger partial charge in [-0.05, 0) is 48.4 Å². The van der Waals surface area contributed by atoms with E-state index in [1.165, 1.54) is 18.4 Å². The lowest BCUT2D eigenvalue weighted by Gasteiger charge is -2.17. The van der Waals surface area contributed by atoms with Crippen LogP contribution < -0.4 is 4.74 Å². The number of hydrogen-bond donors (Lipinski definition) is 0. The molecule has 5 rings (SSSR count). The number of rotatable bonds is 6. The fraction of sp³-hybridized carbons (Fsp3) is 0.269. The van der Waals surface area contributed by atoms with Crippen molar-refractivity contribution in [3.05, 3.63) is 84.1 Å². The van der Waals surface area contributed by atoms with Gasteiger partial charge in [0.2, 0.25) is 0 Å². The molecule has 0 bridgehead atoms. The van der Waals surface area contributed by atoms with Crippen LogP contribution in [-0.4, -0.2) is 48.3 Å². The average Bonchev–Trinajstić information content (AvgIpc) is 3.44. The van der Waals surface area contributed by atoms with E-state index >= 15 is 0 Å². The van der Waals surface area contributed by atoms with Crippen molar-refractivity contribution in [1.82, 2.24) is 14.5 Å². The second-order valence-corrected chi connectivity index (χ2v) is 10.9. The molecule has 188 valence electrons. The van der Waals surface area contributed by atoms with Gasteiger partial charge in [0.05, 0.1) is 17.3 Å². The molecule has 0 aliphatic carbocycles. The lowest BCUT2D eigenvalue weighted by molar-refractivity contribution is -0.137. The van der Waals surface area contributed by atoms with E-state index in [1.807, 2.05) is 24.3 Å². The number of nitrogens with zero attached hydrogens (tertiary/aromatic N) is 3. The summed E-state index contributed by atoms with van der Waals surface area (Å²) in [5.74, 6) is 1.04. The van der Waals surface area contributed by atoms with Crippen LogP contribution in [-0.2, 0) is 22.6 Å². The molecule has 0 saturated carbocycles. The van der Waals surface area contributed by atoms with Crippen molar-refractivity contribution < 1.29 is 26.3 Å². The molecule has 4 aromatic rings. The summed E-state index contributed by atoms with van der Waals surface area (Å²) < 4.78 is 70.8. The molecule has 6 nitrogen and oxygen atoms in total. The zero-order chi connectivity index (χ0) is 25.5. The first-order valence-electron chi connectivity index (χ1n) is 11.4. The maximum Gasteiger partial charge on any atom is 0.416 e. The Kier molecular flexibility index (Phi) is 6.25. The number of sulfone groups is 1. The molecule has 1 saturated heterocycles. The van der Waals surface area contributed by atoms with Crippen LogP contribution in [0.2, 0.25) is 0 Å². The summed E-state index contributed by atoms with van der Waals surface area (Å²) in [6.45, 7) is 1.96. The molecule has 1 aliphatic heterocycles. The standard InChI is InChI=1S/C26H24F3N3O3S/c1-36(33,34)25-14-19-4-2-3-5-23(19)32(25)24-11-10-21(15-30-24)35-22-12-13-31(17-22)16-18-6-8-20(9-7-18)26(27,28)29/h2-11,14-15,22H,12-13,16-17H2,1H3. The van der Waals surface area contributed by atoms with E-state index in [9.17, 15) is 21.6 Å². The summed E-state index contributed by atoms with van der Waals surface area (Å²) >= 11 is 0. The van der Waals surface area contributed by atoms with Gasteiger partial charge in [-0.2, -0.15) is 13.2 Å². The van der Waals surface area contributed by atoms with Crippen LogP contribution in [0.5, 0.6) is 5.75 Å². The van der Waals surface area contributed by atoms with E-state index in [0.717, 1.165) is 41.6 Å². The zero-order valence-corrected chi connectivity index (χ0v) is 20.3. The summed E-state index contributed by atoms with van der Waals surface area (Å²) in [4.78, 5) is 6.61. The second-order valence-electron chi connectivity index (χ2n) is 8.96. The maximum absolute atomic E-state index is 12.8. The third-order valence-electron chi connectivity index (χ3n) is 6.23. The van der Waals surface area contributed by atoms with Gasteiger partial charge < -0.3 is 4.74 Å². The van der Waals surface area contributed by atoms with Crippen LogP contribution >= 0.6 is 0 Å². The molecule has 2 aromatic heterocycles. The number of benzene rings is 2. The number of likely N-dealkylation sites (tertiary alicyclic amines) is 1. The number of fused-ring (bicyclic) bond motifs is 1. The van der Waals surface area contributed by atoms with Gasteiger partial charge in [0, 0.05) is 31.3 Å². The SMILES string of the molecule is CS(=O)(=O)c1cc2ccccc2n1-c1ccc(OC2CCN(Cc3ccc(C(F)(F)F)cc3)C2)cn1. The molecule has 0 radical (unpaired) electrons. The van der Waals surface area contributed by atoms with E-state index in [0.29, 0.717) is 24.7 Å². The number of alkyl halides is 3. The summed E-state index contributed by atoms with van der Waals surface area (Å²) in [7, 11) is -3.48. The van der Waals surface area contributed by atoms with Crippen LogP contribution in [0.25, 0.3) is 16.7 Å². The molecular formula is C26H24F3N3O3S. The Balaban J connectivity index is 1.26. The van der Waals surface area contributed by atoms with E-state index in [1.54, 1.807) is 29.0 Å². The van der Waals surface area contributed by atoms with Crippen LogP contribution in [0.4, 0.5) is 13.2 Å². The lowest BCUT2D eigenvalue weighted by atomic mass is 10.1. The number of hydrogen-bond acceptors (Lipinski definition) is 5. The number of halogens is 3. The van der Waals surface area contributed by atoms with Gasteiger partial charge in [0.25, 0.3) is 0 Å². The van der Waals surface area contributed by atoms with Gasteiger partial charge in [0.1, 0.15) is 22.7 Å².